The van der Waals surface area contributed by atoms with Gasteiger partial charge in [0.15, 0.2) is 11.7 Å². The first-order valence-electron chi connectivity index (χ1n) is 5.99. The lowest BCUT2D eigenvalue weighted by Crippen LogP contribution is -2.24. The van der Waals surface area contributed by atoms with Gasteiger partial charge in [0.1, 0.15) is 0 Å². The normalized spacial score (nSPS) is 11.0. The Bertz CT molecular complexity index is 448. The number of nitrogens with one attached hydrogen (secondary N) is 1. The molecule has 0 bridgehead atoms. The molecule has 0 unspecified atom stereocenters. The number of aromatic nitrogens is 1. The van der Waals surface area contributed by atoms with Crippen molar-refractivity contribution in [3.8, 4) is 11.3 Å². The van der Waals surface area contributed by atoms with E-state index in [9.17, 15) is 0 Å². The van der Waals surface area contributed by atoms with Gasteiger partial charge in [-0.2, -0.15) is 0 Å². The molecule has 2 aromatic rings. The summed E-state index contributed by atoms with van der Waals surface area (Å²) < 4.78 is 5.70. The molecular formula is C14H18N2O. The van der Waals surface area contributed by atoms with E-state index in [0.717, 1.165) is 30.2 Å². The van der Waals surface area contributed by atoms with Crippen LogP contribution in [-0.4, -0.2) is 17.6 Å². The fourth-order valence-corrected chi connectivity index (χ4v) is 1.63. The van der Waals surface area contributed by atoms with Crippen LogP contribution in [0.25, 0.3) is 11.3 Å². The Hall–Kier alpha value is -1.61. The summed E-state index contributed by atoms with van der Waals surface area (Å²) in [5.41, 5.74) is 1.07. The lowest BCUT2D eigenvalue weighted by atomic mass is 10.2. The van der Waals surface area contributed by atoms with Crippen molar-refractivity contribution in [2.75, 3.05) is 6.54 Å². The van der Waals surface area contributed by atoms with Gasteiger partial charge in [0.25, 0.3) is 0 Å². The zero-order valence-electron chi connectivity index (χ0n) is 10.3. The minimum absolute atomic E-state index is 0.499. The molecule has 17 heavy (non-hydrogen) atoms. The molecule has 1 aromatic heterocycles. The highest BCUT2D eigenvalue weighted by Gasteiger charge is 2.05. The van der Waals surface area contributed by atoms with E-state index in [4.69, 9.17) is 4.42 Å². The fraction of sp³-hybridized carbons (Fsp3) is 0.357. The van der Waals surface area contributed by atoms with Gasteiger partial charge in [-0.3, -0.25) is 0 Å². The zero-order valence-corrected chi connectivity index (χ0v) is 10.3. The van der Waals surface area contributed by atoms with Crippen LogP contribution in [0.1, 0.15) is 19.7 Å². The second-order valence-electron chi connectivity index (χ2n) is 4.34. The number of oxazole rings is 1. The molecule has 0 atom stereocenters. The number of nitrogens with zero attached hydrogens (tertiary/aromatic N) is 1. The van der Waals surface area contributed by atoms with E-state index in [1.54, 1.807) is 6.20 Å². The van der Waals surface area contributed by atoms with Crippen LogP contribution in [0.3, 0.4) is 0 Å². The highest BCUT2D eigenvalue weighted by molar-refractivity contribution is 5.55. The van der Waals surface area contributed by atoms with Crippen LogP contribution in [0.2, 0.25) is 0 Å². The Labute approximate surface area is 102 Å². The minimum atomic E-state index is 0.499. The van der Waals surface area contributed by atoms with Crippen LogP contribution in [0, 0.1) is 0 Å². The quantitative estimate of drug-likeness (QED) is 0.858. The molecule has 0 aliphatic carbocycles. The van der Waals surface area contributed by atoms with Crippen LogP contribution in [0.15, 0.2) is 40.9 Å². The summed E-state index contributed by atoms with van der Waals surface area (Å²) in [7, 11) is 0. The topological polar surface area (TPSA) is 38.1 Å². The van der Waals surface area contributed by atoms with Gasteiger partial charge in [-0.1, -0.05) is 44.2 Å². The van der Waals surface area contributed by atoms with Crippen molar-refractivity contribution in [1.82, 2.24) is 10.3 Å². The third-order valence-electron chi connectivity index (χ3n) is 2.50. The average Bonchev–Trinajstić information content (AvgIpc) is 2.78. The molecule has 0 aliphatic heterocycles. The Morgan fingerprint density at radius 3 is 2.71 bits per heavy atom. The number of rotatable bonds is 5. The summed E-state index contributed by atoms with van der Waals surface area (Å²) in [6.45, 7) is 5.16. The lowest BCUT2D eigenvalue weighted by molar-refractivity contribution is 0.484. The van der Waals surface area contributed by atoms with E-state index >= 15 is 0 Å². The Balaban J connectivity index is 1.97. The van der Waals surface area contributed by atoms with Crippen molar-refractivity contribution in [1.29, 1.82) is 0 Å². The van der Waals surface area contributed by atoms with Gasteiger partial charge in [0, 0.05) is 24.6 Å². The molecule has 0 saturated carbocycles. The van der Waals surface area contributed by atoms with Gasteiger partial charge >= 0.3 is 0 Å². The third-order valence-corrected chi connectivity index (χ3v) is 2.50. The summed E-state index contributed by atoms with van der Waals surface area (Å²) in [5.74, 6) is 1.63. The maximum absolute atomic E-state index is 5.70. The predicted molar refractivity (Wildman–Crippen MR) is 68.8 cm³/mol. The molecule has 0 spiro atoms. The molecule has 0 fully saturated rings. The molecular weight excluding hydrogens is 212 g/mol. The van der Waals surface area contributed by atoms with E-state index in [-0.39, 0.29) is 0 Å². The molecule has 3 heteroatoms. The third kappa shape index (κ3) is 3.43. The highest BCUT2D eigenvalue weighted by Crippen LogP contribution is 2.19. The molecule has 3 nitrogen and oxygen atoms in total. The summed E-state index contributed by atoms with van der Waals surface area (Å²) in [5, 5.41) is 3.34. The van der Waals surface area contributed by atoms with Crippen molar-refractivity contribution in [3.05, 3.63) is 42.4 Å². The van der Waals surface area contributed by atoms with Gasteiger partial charge in [-0.15, -0.1) is 0 Å². The first-order valence-corrected chi connectivity index (χ1v) is 5.99. The van der Waals surface area contributed by atoms with Crippen LogP contribution in [0.4, 0.5) is 0 Å². The van der Waals surface area contributed by atoms with Crippen LogP contribution in [0.5, 0.6) is 0 Å². The SMILES string of the molecule is CC(C)NCCc1ncc(-c2ccccc2)o1. The standard InChI is InChI=1S/C14H18N2O/c1-11(2)15-9-8-14-16-10-13(17-14)12-6-4-3-5-7-12/h3-7,10-11,15H,8-9H2,1-2H3. The zero-order chi connectivity index (χ0) is 12.1. The molecule has 2 rings (SSSR count). The smallest absolute Gasteiger partial charge is 0.196 e. The molecule has 1 N–H and O–H groups in total. The molecule has 90 valence electrons. The van der Waals surface area contributed by atoms with Gasteiger partial charge < -0.3 is 9.73 Å². The summed E-state index contributed by atoms with van der Waals surface area (Å²) in [6.07, 6.45) is 2.62. The van der Waals surface area contributed by atoms with Crippen LogP contribution >= 0.6 is 0 Å². The highest BCUT2D eigenvalue weighted by atomic mass is 16.4. The molecule has 1 aromatic carbocycles. The predicted octanol–water partition coefficient (Wildman–Crippen LogP) is 2.88. The first-order chi connectivity index (χ1) is 8.25. The van der Waals surface area contributed by atoms with E-state index in [1.165, 1.54) is 0 Å². The van der Waals surface area contributed by atoms with Crippen molar-refractivity contribution in [2.45, 2.75) is 26.3 Å². The van der Waals surface area contributed by atoms with Gasteiger partial charge in [0.2, 0.25) is 0 Å². The second kappa shape index (κ2) is 5.64. The molecule has 0 amide bonds. The number of hydrogen-bond acceptors (Lipinski definition) is 3. The van der Waals surface area contributed by atoms with Crippen molar-refractivity contribution in [3.63, 3.8) is 0 Å². The van der Waals surface area contributed by atoms with Crippen LogP contribution < -0.4 is 5.32 Å². The van der Waals surface area contributed by atoms with Gasteiger partial charge in [-0.25, -0.2) is 4.98 Å². The molecule has 0 radical (unpaired) electrons. The molecule has 0 aliphatic rings. The van der Waals surface area contributed by atoms with Crippen molar-refractivity contribution < 1.29 is 4.42 Å². The maximum atomic E-state index is 5.70. The van der Waals surface area contributed by atoms with Crippen LogP contribution in [-0.2, 0) is 6.42 Å². The minimum Gasteiger partial charge on any atom is -0.441 e. The summed E-state index contributed by atoms with van der Waals surface area (Å²) in [4.78, 5) is 4.28. The van der Waals surface area contributed by atoms with E-state index < -0.39 is 0 Å². The molecule has 1 heterocycles. The lowest BCUT2D eigenvalue weighted by Gasteiger charge is -2.05. The van der Waals surface area contributed by atoms with Crippen molar-refractivity contribution in [2.24, 2.45) is 0 Å². The monoisotopic (exact) mass is 230 g/mol. The van der Waals surface area contributed by atoms with E-state index in [0.29, 0.717) is 6.04 Å². The maximum Gasteiger partial charge on any atom is 0.196 e. The summed E-state index contributed by atoms with van der Waals surface area (Å²) in [6, 6.07) is 10.5. The second-order valence-corrected chi connectivity index (χ2v) is 4.34. The number of benzene rings is 1. The first kappa shape index (κ1) is 11.9. The van der Waals surface area contributed by atoms with Gasteiger partial charge in [0.05, 0.1) is 6.20 Å². The largest absolute Gasteiger partial charge is 0.441 e. The fourth-order valence-electron chi connectivity index (χ4n) is 1.63. The van der Waals surface area contributed by atoms with Crippen molar-refractivity contribution >= 4 is 0 Å². The Morgan fingerprint density at radius 2 is 2.00 bits per heavy atom. The Morgan fingerprint density at radius 1 is 1.24 bits per heavy atom. The molecule has 0 saturated heterocycles. The van der Waals surface area contributed by atoms with Gasteiger partial charge in [-0.05, 0) is 0 Å². The number of hydrogen-bond donors (Lipinski definition) is 1. The Kier molecular flexibility index (Phi) is 3.94. The average molecular weight is 230 g/mol. The van der Waals surface area contributed by atoms with E-state index in [2.05, 4.69) is 24.1 Å². The summed E-state index contributed by atoms with van der Waals surface area (Å²) >= 11 is 0. The van der Waals surface area contributed by atoms with E-state index in [1.807, 2.05) is 30.3 Å².